The molecule has 0 aromatic heterocycles. The second-order valence-electron chi connectivity index (χ2n) is 5.43. The van der Waals surface area contributed by atoms with Crippen molar-refractivity contribution in [2.45, 2.75) is 37.5 Å². The number of hydrogen-bond donors (Lipinski definition) is 2. The molecule has 1 saturated carbocycles. The molecule has 2 N–H and O–H groups in total. The molecule has 1 aromatic carbocycles. The van der Waals surface area contributed by atoms with Gasteiger partial charge in [-0.15, -0.1) is 0 Å². The Balaban J connectivity index is 2.18. The van der Waals surface area contributed by atoms with Crippen molar-refractivity contribution in [3.8, 4) is 0 Å². The molecule has 1 aromatic rings. The standard InChI is InChI=1S/C14H19FN2O3S/c1-9(18)16-13-8-10(6-7-11(13)15)17-12-4-3-5-14(12)21(2,19)20/h6-8,12,14,17H,3-5H2,1-2H3,(H,16,18). The topological polar surface area (TPSA) is 75.3 Å². The molecule has 116 valence electrons. The Kier molecular flexibility index (Phi) is 4.51. The summed E-state index contributed by atoms with van der Waals surface area (Å²) >= 11 is 0. The van der Waals surface area contributed by atoms with Crippen LogP contribution >= 0.6 is 0 Å². The van der Waals surface area contributed by atoms with Gasteiger partial charge in [-0.3, -0.25) is 4.79 Å². The summed E-state index contributed by atoms with van der Waals surface area (Å²) in [6.45, 7) is 1.30. The van der Waals surface area contributed by atoms with Crippen LogP contribution in [-0.4, -0.2) is 31.9 Å². The lowest BCUT2D eigenvalue weighted by atomic mass is 10.2. The number of carbonyl (C=O) groups excluding carboxylic acids is 1. The minimum atomic E-state index is -3.12. The van der Waals surface area contributed by atoms with Gasteiger partial charge in [0.2, 0.25) is 5.91 Å². The molecule has 1 aliphatic rings. The number of halogens is 1. The maximum Gasteiger partial charge on any atom is 0.221 e. The number of rotatable bonds is 4. The fourth-order valence-electron chi connectivity index (χ4n) is 2.72. The highest BCUT2D eigenvalue weighted by molar-refractivity contribution is 7.91. The Hall–Kier alpha value is -1.63. The van der Waals surface area contributed by atoms with Gasteiger partial charge in [0, 0.05) is 24.9 Å². The Bertz CT molecular complexity index is 646. The van der Waals surface area contributed by atoms with Crippen LogP contribution in [-0.2, 0) is 14.6 Å². The van der Waals surface area contributed by atoms with Gasteiger partial charge in [0.15, 0.2) is 9.84 Å². The lowest BCUT2D eigenvalue weighted by Crippen LogP contribution is -2.34. The molecule has 2 unspecified atom stereocenters. The number of hydrogen-bond acceptors (Lipinski definition) is 4. The Morgan fingerprint density at radius 1 is 1.33 bits per heavy atom. The zero-order valence-corrected chi connectivity index (χ0v) is 12.8. The summed E-state index contributed by atoms with van der Waals surface area (Å²) in [5.74, 6) is -0.886. The lowest BCUT2D eigenvalue weighted by Gasteiger charge is -2.21. The average molecular weight is 314 g/mol. The molecule has 5 nitrogen and oxygen atoms in total. The smallest absolute Gasteiger partial charge is 0.221 e. The van der Waals surface area contributed by atoms with Gasteiger partial charge in [0.25, 0.3) is 0 Å². The second-order valence-corrected chi connectivity index (χ2v) is 7.69. The van der Waals surface area contributed by atoms with Crippen molar-refractivity contribution >= 4 is 27.1 Å². The van der Waals surface area contributed by atoms with Crippen LogP contribution in [0.25, 0.3) is 0 Å². The fraction of sp³-hybridized carbons (Fsp3) is 0.500. The van der Waals surface area contributed by atoms with E-state index < -0.39 is 20.9 Å². The number of nitrogens with one attached hydrogen (secondary N) is 2. The molecule has 1 aliphatic carbocycles. The van der Waals surface area contributed by atoms with Crippen molar-refractivity contribution in [3.05, 3.63) is 24.0 Å². The van der Waals surface area contributed by atoms with E-state index in [1.807, 2.05) is 0 Å². The van der Waals surface area contributed by atoms with Crippen LogP contribution in [0.3, 0.4) is 0 Å². The first-order valence-corrected chi connectivity index (χ1v) is 8.75. The predicted molar refractivity (Wildman–Crippen MR) is 80.6 cm³/mol. The number of amides is 1. The molecule has 0 radical (unpaired) electrons. The Labute approximate surface area is 123 Å². The highest BCUT2D eigenvalue weighted by Crippen LogP contribution is 2.29. The first kappa shape index (κ1) is 15.8. The summed E-state index contributed by atoms with van der Waals surface area (Å²) in [7, 11) is -3.12. The monoisotopic (exact) mass is 314 g/mol. The third-order valence-corrected chi connectivity index (χ3v) is 5.30. The number of carbonyl (C=O) groups is 1. The zero-order valence-electron chi connectivity index (χ0n) is 12.0. The van der Waals surface area contributed by atoms with E-state index >= 15 is 0 Å². The first-order chi connectivity index (χ1) is 9.77. The van der Waals surface area contributed by atoms with Crippen molar-refractivity contribution in [2.24, 2.45) is 0 Å². The van der Waals surface area contributed by atoms with E-state index in [0.29, 0.717) is 12.1 Å². The highest BCUT2D eigenvalue weighted by Gasteiger charge is 2.34. The van der Waals surface area contributed by atoms with Crippen molar-refractivity contribution in [2.75, 3.05) is 16.9 Å². The van der Waals surface area contributed by atoms with Crippen LogP contribution in [0.1, 0.15) is 26.2 Å². The third kappa shape index (κ3) is 3.93. The maximum absolute atomic E-state index is 13.6. The van der Waals surface area contributed by atoms with Gasteiger partial charge in [-0.05, 0) is 37.5 Å². The summed E-state index contributed by atoms with van der Waals surface area (Å²) in [4.78, 5) is 11.0. The van der Waals surface area contributed by atoms with Gasteiger partial charge in [-0.2, -0.15) is 0 Å². The average Bonchev–Trinajstić information content (AvgIpc) is 2.81. The normalized spacial score (nSPS) is 22.0. The quantitative estimate of drug-likeness (QED) is 0.893. The largest absolute Gasteiger partial charge is 0.381 e. The van der Waals surface area contributed by atoms with Crippen LogP contribution in [0, 0.1) is 5.82 Å². The number of anilines is 2. The van der Waals surface area contributed by atoms with Crippen LogP contribution in [0.15, 0.2) is 18.2 Å². The minimum Gasteiger partial charge on any atom is -0.381 e. The first-order valence-electron chi connectivity index (χ1n) is 6.80. The SMILES string of the molecule is CC(=O)Nc1cc(NC2CCCC2S(C)(=O)=O)ccc1F. The van der Waals surface area contributed by atoms with E-state index in [2.05, 4.69) is 10.6 Å². The summed E-state index contributed by atoms with van der Waals surface area (Å²) in [5, 5.41) is 5.12. The maximum atomic E-state index is 13.6. The van der Waals surface area contributed by atoms with Gasteiger partial charge in [-0.1, -0.05) is 0 Å². The van der Waals surface area contributed by atoms with E-state index in [1.165, 1.54) is 31.4 Å². The van der Waals surface area contributed by atoms with Gasteiger partial charge >= 0.3 is 0 Å². The molecule has 21 heavy (non-hydrogen) atoms. The highest BCUT2D eigenvalue weighted by atomic mass is 32.2. The van der Waals surface area contributed by atoms with Crippen LogP contribution < -0.4 is 10.6 Å². The fourth-order valence-corrected chi connectivity index (χ4v) is 4.11. The summed E-state index contributed by atoms with van der Waals surface area (Å²) in [5.41, 5.74) is 0.683. The van der Waals surface area contributed by atoms with Gasteiger partial charge in [0.05, 0.1) is 10.9 Å². The van der Waals surface area contributed by atoms with Crippen molar-refractivity contribution in [3.63, 3.8) is 0 Å². The lowest BCUT2D eigenvalue weighted by molar-refractivity contribution is -0.114. The van der Waals surface area contributed by atoms with E-state index in [-0.39, 0.29) is 17.6 Å². The van der Waals surface area contributed by atoms with Crippen LogP contribution in [0.2, 0.25) is 0 Å². The van der Waals surface area contributed by atoms with E-state index in [9.17, 15) is 17.6 Å². The van der Waals surface area contributed by atoms with Crippen molar-refractivity contribution < 1.29 is 17.6 Å². The van der Waals surface area contributed by atoms with E-state index in [0.717, 1.165) is 12.8 Å². The third-order valence-electron chi connectivity index (χ3n) is 3.63. The van der Waals surface area contributed by atoms with Crippen molar-refractivity contribution in [1.82, 2.24) is 0 Å². The minimum absolute atomic E-state index is 0.0846. The molecular formula is C14H19FN2O3S. The molecule has 0 heterocycles. The van der Waals surface area contributed by atoms with Gasteiger partial charge < -0.3 is 10.6 Å². The summed E-state index contributed by atoms with van der Waals surface area (Å²) < 4.78 is 37.1. The Morgan fingerprint density at radius 2 is 2.05 bits per heavy atom. The van der Waals surface area contributed by atoms with Crippen molar-refractivity contribution in [1.29, 1.82) is 0 Å². The van der Waals surface area contributed by atoms with Gasteiger partial charge in [-0.25, -0.2) is 12.8 Å². The van der Waals surface area contributed by atoms with Gasteiger partial charge in [0.1, 0.15) is 5.82 Å². The number of sulfone groups is 1. The molecule has 1 fully saturated rings. The molecule has 2 rings (SSSR count). The summed E-state index contributed by atoms with van der Waals surface area (Å²) in [6.07, 6.45) is 3.47. The van der Waals surface area contributed by atoms with E-state index in [1.54, 1.807) is 0 Å². The zero-order chi connectivity index (χ0) is 15.6. The second kappa shape index (κ2) is 6.01. The molecule has 2 atom stereocenters. The molecule has 1 amide bonds. The molecule has 0 spiro atoms. The molecule has 7 heteroatoms. The Morgan fingerprint density at radius 3 is 2.67 bits per heavy atom. The molecule has 0 saturated heterocycles. The number of benzene rings is 1. The van der Waals surface area contributed by atoms with E-state index in [4.69, 9.17) is 0 Å². The molecular weight excluding hydrogens is 295 g/mol. The van der Waals surface area contributed by atoms with Crippen LogP contribution in [0.5, 0.6) is 0 Å². The summed E-state index contributed by atoms with van der Waals surface area (Å²) in [6, 6.07) is 4.08. The van der Waals surface area contributed by atoms with Crippen LogP contribution in [0.4, 0.5) is 15.8 Å². The predicted octanol–water partition coefficient (Wildman–Crippen LogP) is 2.16. The molecule has 0 bridgehead atoms. The molecule has 0 aliphatic heterocycles.